The van der Waals surface area contributed by atoms with Crippen LogP contribution < -0.4 is 5.32 Å². The maximum absolute atomic E-state index is 6.20. The molecule has 16 heavy (non-hydrogen) atoms. The smallest absolute Gasteiger partial charge is 0.0761 e. The number of aromatic nitrogens is 1. The van der Waals surface area contributed by atoms with E-state index in [9.17, 15) is 0 Å². The third-order valence-corrected chi connectivity index (χ3v) is 3.23. The van der Waals surface area contributed by atoms with E-state index in [0.717, 1.165) is 30.1 Å². The maximum atomic E-state index is 6.20. The van der Waals surface area contributed by atoms with Gasteiger partial charge in [-0.1, -0.05) is 38.8 Å². The third-order valence-electron chi connectivity index (χ3n) is 2.91. The number of nitrogens with one attached hydrogen (secondary N) is 1. The molecular formula is C13H21ClN2. The second-order valence-electron chi connectivity index (χ2n) is 4.19. The van der Waals surface area contributed by atoms with Crippen molar-refractivity contribution >= 4 is 11.6 Å². The van der Waals surface area contributed by atoms with Crippen LogP contribution in [0.5, 0.6) is 0 Å². The predicted octanol–water partition coefficient (Wildman–Crippen LogP) is 3.82. The van der Waals surface area contributed by atoms with Crippen molar-refractivity contribution in [2.24, 2.45) is 5.92 Å². The summed E-state index contributed by atoms with van der Waals surface area (Å²) in [5.74, 6) is 0.541. The quantitative estimate of drug-likeness (QED) is 0.818. The van der Waals surface area contributed by atoms with Gasteiger partial charge in [0, 0.05) is 6.20 Å². The molecule has 0 saturated carbocycles. The Balaban J connectivity index is 2.87. The minimum absolute atomic E-state index is 0.263. The van der Waals surface area contributed by atoms with Gasteiger partial charge in [-0.15, -0.1) is 0 Å². The first-order valence-electron chi connectivity index (χ1n) is 6.04. The van der Waals surface area contributed by atoms with Crippen molar-refractivity contribution in [3.8, 4) is 0 Å². The van der Waals surface area contributed by atoms with Crippen LogP contribution in [0.3, 0.4) is 0 Å². The fourth-order valence-electron chi connectivity index (χ4n) is 1.73. The van der Waals surface area contributed by atoms with Gasteiger partial charge in [-0.3, -0.25) is 4.98 Å². The lowest BCUT2D eigenvalue weighted by Gasteiger charge is -2.24. The van der Waals surface area contributed by atoms with Crippen LogP contribution >= 0.6 is 11.6 Å². The van der Waals surface area contributed by atoms with Gasteiger partial charge in [0.25, 0.3) is 0 Å². The van der Waals surface area contributed by atoms with Crippen molar-refractivity contribution in [1.29, 1.82) is 0 Å². The van der Waals surface area contributed by atoms with Gasteiger partial charge in [0.05, 0.1) is 16.8 Å². The van der Waals surface area contributed by atoms with E-state index in [1.165, 1.54) is 0 Å². The van der Waals surface area contributed by atoms with Crippen LogP contribution in [0.15, 0.2) is 18.3 Å². The Bertz CT molecular complexity index is 315. The molecule has 0 amide bonds. The Hall–Kier alpha value is -0.600. The summed E-state index contributed by atoms with van der Waals surface area (Å²) >= 11 is 6.20. The molecule has 3 heteroatoms. The van der Waals surface area contributed by atoms with Crippen molar-refractivity contribution in [3.63, 3.8) is 0 Å². The Morgan fingerprint density at radius 1 is 1.44 bits per heavy atom. The highest BCUT2D eigenvalue weighted by Gasteiger charge is 2.20. The van der Waals surface area contributed by atoms with Gasteiger partial charge in [-0.25, -0.2) is 0 Å². The maximum Gasteiger partial charge on any atom is 0.0761 e. The highest BCUT2D eigenvalue weighted by Crippen LogP contribution is 2.27. The molecule has 0 aromatic carbocycles. The van der Waals surface area contributed by atoms with Crippen LogP contribution in [0.1, 0.15) is 45.3 Å². The molecule has 2 nitrogen and oxygen atoms in total. The van der Waals surface area contributed by atoms with E-state index in [0.29, 0.717) is 5.92 Å². The van der Waals surface area contributed by atoms with Crippen LogP contribution in [0, 0.1) is 5.92 Å². The zero-order valence-corrected chi connectivity index (χ0v) is 11.1. The van der Waals surface area contributed by atoms with E-state index in [1.807, 2.05) is 18.3 Å². The van der Waals surface area contributed by atoms with E-state index in [4.69, 9.17) is 11.6 Å². The molecule has 0 fully saturated rings. The lowest BCUT2D eigenvalue weighted by Crippen LogP contribution is -2.28. The average Bonchev–Trinajstić information content (AvgIpc) is 2.31. The summed E-state index contributed by atoms with van der Waals surface area (Å²) in [5.41, 5.74) is 0.979. The second-order valence-corrected chi connectivity index (χ2v) is 4.59. The Morgan fingerprint density at radius 2 is 2.19 bits per heavy atom. The molecular weight excluding hydrogens is 220 g/mol. The Morgan fingerprint density at radius 3 is 2.75 bits per heavy atom. The van der Waals surface area contributed by atoms with Crippen LogP contribution in [-0.2, 0) is 0 Å². The van der Waals surface area contributed by atoms with Crippen LogP contribution in [0.2, 0.25) is 5.02 Å². The molecule has 0 aliphatic carbocycles. The summed E-state index contributed by atoms with van der Waals surface area (Å²) in [6.45, 7) is 7.60. The van der Waals surface area contributed by atoms with E-state index < -0.39 is 0 Å². The summed E-state index contributed by atoms with van der Waals surface area (Å²) < 4.78 is 0. The van der Waals surface area contributed by atoms with Crippen LogP contribution in [-0.4, -0.2) is 11.5 Å². The van der Waals surface area contributed by atoms with E-state index in [2.05, 4.69) is 31.1 Å². The molecule has 0 bridgehead atoms. The third kappa shape index (κ3) is 3.46. The van der Waals surface area contributed by atoms with Crippen LogP contribution in [0.25, 0.3) is 0 Å². The summed E-state index contributed by atoms with van der Waals surface area (Å²) in [5, 5.41) is 4.29. The number of pyridine rings is 1. The lowest BCUT2D eigenvalue weighted by atomic mass is 9.95. The number of hydrogen-bond acceptors (Lipinski definition) is 2. The van der Waals surface area contributed by atoms with Gasteiger partial charge < -0.3 is 5.32 Å². The van der Waals surface area contributed by atoms with Crippen molar-refractivity contribution in [1.82, 2.24) is 10.3 Å². The normalized spacial score (nSPS) is 14.8. The topological polar surface area (TPSA) is 24.9 Å². The molecule has 1 heterocycles. The monoisotopic (exact) mass is 240 g/mol. The summed E-state index contributed by atoms with van der Waals surface area (Å²) in [6, 6.07) is 4.05. The highest BCUT2D eigenvalue weighted by atomic mass is 35.5. The molecule has 2 unspecified atom stereocenters. The molecule has 0 aliphatic heterocycles. The van der Waals surface area contributed by atoms with Crippen LogP contribution in [0.4, 0.5) is 0 Å². The Kier molecular flexibility index (Phi) is 5.78. The number of nitrogens with zero attached hydrogens (tertiary/aromatic N) is 1. The molecule has 0 saturated heterocycles. The van der Waals surface area contributed by atoms with E-state index >= 15 is 0 Å². The van der Waals surface area contributed by atoms with Crippen molar-refractivity contribution in [3.05, 3.63) is 29.0 Å². The molecule has 1 aromatic rings. The minimum atomic E-state index is 0.263. The fraction of sp³-hybridized carbons (Fsp3) is 0.615. The average molecular weight is 241 g/mol. The molecule has 1 rings (SSSR count). The summed E-state index contributed by atoms with van der Waals surface area (Å²) in [6.07, 6.45) is 4.05. The zero-order chi connectivity index (χ0) is 12.0. The molecule has 1 aromatic heterocycles. The van der Waals surface area contributed by atoms with Gasteiger partial charge in [0.2, 0.25) is 0 Å². The number of rotatable bonds is 6. The predicted molar refractivity (Wildman–Crippen MR) is 69.7 cm³/mol. The molecule has 0 radical (unpaired) electrons. The number of hydrogen-bond donors (Lipinski definition) is 1. The molecule has 0 aliphatic rings. The van der Waals surface area contributed by atoms with Gasteiger partial charge in [0.15, 0.2) is 0 Å². The van der Waals surface area contributed by atoms with Gasteiger partial charge >= 0.3 is 0 Å². The molecule has 2 atom stereocenters. The van der Waals surface area contributed by atoms with Gasteiger partial charge in [-0.05, 0) is 31.0 Å². The number of halogens is 1. The first-order chi connectivity index (χ1) is 7.70. The van der Waals surface area contributed by atoms with Gasteiger partial charge in [0.1, 0.15) is 0 Å². The molecule has 90 valence electrons. The standard InChI is InChI=1S/C13H21ClN2/c1-4-8-15-12(10(3)5-2)13-11(14)7-6-9-16-13/h6-7,9-10,12,15H,4-5,8H2,1-3H3. The summed E-state index contributed by atoms with van der Waals surface area (Å²) in [7, 11) is 0. The lowest BCUT2D eigenvalue weighted by molar-refractivity contribution is 0.370. The zero-order valence-electron chi connectivity index (χ0n) is 10.3. The minimum Gasteiger partial charge on any atom is -0.308 e. The van der Waals surface area contributed by atoms with E-state index in [-0.39, 0.29) is 6.04 Å². The SMILES string of the molecule is CCCNC(c1ncccc1Cl)C(C)CC. The highest BCUT2D eigenvalue weighted by molar-refractivity contribution is 6.31. The first-order valence-corrected chi connectivity index (χ1v) is 6.42. The summed E-state index contributed by atoms with van der Waals surface area (Å²) in [4.78, 5) is 4.41. The largest absolute Gasteiger partial charge is 0.308 e. The van der Waals surface area contributed by atoms with Gasteiger partial charge in [-0.2, -0.15) is 0 Å². The fourth-order valence-corrected chi connectivity index (χ4v) is 1.97. The second kappa shape index (κ2) is 6.87. The van der Waals surface area contributed by atoms with Crippen molar-refractivity contribution < 1.29 is 0 Å². The van der Waals surface area contributed by atoms with Crippen molar-refractivity contribution in [2.75, 3.05) is 6.54 Å². The molecule has 1 N–H and O–H groups in total. The first kappa shape index (κ1) is 13.5. The van der Waals surface area contributed by atoms with E-state index in [1.54, 1.807) is 0 Å². The Labute approximate surface area is 103 Å². The molecule has 0 spiro atoms. The van der Waals surface area contributed by atoms with Crippen molar-refractivity contribution in [2.45, 2.75) is 39.7 Å².